The van der Waals surface area contributed by atoms with Gasteiger partial charge in [0.1, 0.15) is 10.8 Å². The van der Waals surface area contributed by atoms with E-state index in [0.717, 1.165) is 49.9 Å². The van der Waals surface area contributed by atoms with E-state index < -0.39 is 23.5 Å². The fourth-order valence-electron chi connectivity index (χ4n) is 3.43. The Labute approximate surface area is 199 Å². The molecular formula is C20H18F6N6S2. The molecular weight excluding hydrogens is 502 g/mol. The van der Waals surface area contributed by atoms with Crippen LogP contribution in [0.5, 0.6) is 0 Å². The van der Waals surface area contributed by atoms with Gasteiger partial charge >= 0.3 is 12.4 Å². The molecule has 0 spiro atoms. The molecule has 0 atom stereocenters. The number of H-pyrrole nitrogens is 1. The van der Waals surface area contributed by atoms with E-state index in [4.69, 9.17) is 0 Å². The minimum Gasteiger partial charge on any atom is -0.356 e. The number of piperidine rings is 1. The Bertz CT molecular complexity index is 1120. The van der Waals surface area contributed by atoms with Crippen molar-refractivity contribution in [2.45, 2.75) is 47.0 Å². The monoisotopic (exact) mass is 520 g/mol. The van der Waals surface area contributed by atoms with Gasteiger partial charge in [-0.25, -0.2) is 15.0 Å². The first-order valence-corrected chi connectivity index (χ1v) is 12.2. The molecule has 4 rings (SSSR count). The lowest BCUT2D eigenvalue weighted by Gasteiger charge is -2.28. The summed E-state index contributed by atoms with van der Waals surface area (Å²) in [6, 6.07) is 3.06. The highest BCUT2D eigenvalue weighted by Crippen LogP contribution is 2.38. The molecule has 1 saturated heterocycles. The number of nitrogens with zero attached hydrogens (tertiary/aromatic N) is 5. The molecule has 1 aliphatic heterocycles. The van der Waals surface area contributed by atoms with Gasteiger partial charge in [-0.15, -0.1) is 5.10 Å². The normalized spacial score (nSPS) is 15.1. The van der Waals surface area contributed by atoms with Crippen molar-refractivity contribution in [3.05, 3.63) is 35.4 Å². The maximum absolute atomic E-state index is 13.2. The van der Waals surface area contributed by atoms with E-state index in [1.165, 1.54) is 11.8 Å². The van der Waals surface area contributed by atoms with Gasteiger partial charge < -0.3 is 4.90 Å². The van der Waals surface area contributed by atoms with Crippen LogP contribution in [0.2, 0.25) is 0 Å². The molecule has 1 fully saturated rings. The molecule has 14 heteroatoms. The summed E-state index contributed by atoms with van der Waals surface area (Å²) >= 11 is 2.40. The Balaban J connectivity index is 1.63. The smallest absolute Gasteiger partial charge is 0.356 e. The first kappa shape index (κ1) is 24.6. The van der Waals surface area contributed by atoms with Crippen LogP contribution in [0.15, 0.2) is 39.6 Å². The number of nitrogens with one attached hydrogen (secondary N) is 1. The van der Waals surface area contributed by atoms with E-state index >= 15 is 0 Å². The number of aromatic nitrogens is 5. The number of hydrogen-bond acceptors (Lipinski definition) is 7. The second kappa shape index (κ2) is 9.64. The molecule has 2 aromatic heterocycles. The highest BCUT2D eigenvalue weighted by molar-refractivity contribution is 7.99. The average molecular weight is 521 g/mol. The summed E-state index contributed by atoms with van der Waals surface area (Å²) in [6.07, 6.45) is -4.80. The summed E-state index contributed by atoms with van der Waals surface area (Å²) in [5, 5.41) is 7.55. The van der Waals surface area contributed by atoms with Gasteiger partial charge in [-0.05, 0) is 55.5 Å². The van der Waals surface area contributed by atoms with Gasteiger partial charge in [-0.2, -0.15) is 26.3 Å². The minimum absolute atomic E-state index is 0.0719. The Hall–Kier alpha value is -2.48. The zero-order valence-electron chi connectivity index (χ0n) is 17.7. The molecule has 182 valence electrons. The molecule has 1 aromatic carbocycles. The van der Waals surface area contributed by atoms with Crippen LogP contribution >= 0.6 is 23.5 Å². The van der Waals surface area contributed by atoms with Crippen molar-refractivity contribution >= 4 is 29.3 Å². The van der Waals surface area contributed by atoms with Crippen LogP contribution in [0.3, 0.4) is 0 Å². The summed E-state index contributed by atoms with van der Waals surface area (Å²) in [5.74, 6) is 0.541. The second-order valence-corrected chi connectivity index (χ2v) is 9.22. The highest BCUT2D eigenvalue weighted by atomic mass is 32.2. The molecule has 3 aromatic rings. The van der Waals surface area contributed by atoms with Crippen molar-refractivity contribution in [3.63, 3.8) is 0 Å². The summed E-state index contributed by atoms with van der Waals surface area (Å²) in [4.78, 5) is 15.2. The number of benzene rings is 1. The number of thioether (sulfide) groups is 1. The molecule has 0 bridgehead atoms. The Morgan fingerprint density at radius 1 is 0.824 bits per heavy atom. The van der Waals surface area contributed by atoms with E-state index in [1.54, 1.807) is 6.07 Å². The highest BCUT2D eigenvalue weighted by Gasteiger charge is 2.37. The second-order valence-electron chi connectivity index (χ2n) is 7.46. The largest absolute Gasteiger partial charge is 0.416 e. The SMILES string of the molecule is CSc1nc(Sc2n[nH]c(-c3cc(C(F)(F)F)cc(C(F)(F)F)c3)n2)cc(N2CCCCC2)n1. The Morgan fingerprint density at radius 2 is 1.47 bits per heavy atom. The third kappa shape index (κ3) is 5.77. The molecule has 0 amide bonds. The van der Waals surface area contributed by atoms with Gasteiger partial charge in [0.15, 0.2) is 11.0 Å². The number of hydrogen-bond donors (Lipinski definition) is 1. The molecule has 0 radical (unpaired) electrons. The van der Waals surface area contributed by atoms with Gasteiger partial charge in [0.05, 0.1) is 11.1 Å². The van der Waals surface area contributed by atoms with Crippen molar-refractivity contribution in [2.75, 3.05) is 24.2 Å². The fourth-order valence-corrected chi connectivity index (χ4v) is 4.57. The van der Waals surface area contributed by atoms with E-state index in [9.17, 15) is 26.3 Å². The van der Waals surface area contributed by atoms with Gasteiger partial charge in [0.2, 0.25) is 5.16 Å². The standard InChI is InChI=1S/C20H18F6N6S2/c1-33-17-27-14(32-5-3-2-4-6-32)10-15(28-17)34-18-29-16(30-31-18)11-7-12(19(21,22)23)9-13(8-11)20(24,25)26/h7-10H,2-6H2,1H3,(H,29,30,31). The summed E-state index contributed by atoms with van der Waals surface area (Å²) in [5.41, 5.74) is -3.22. The van der Waals surface area contributed by atoms with Crippen LogP contribution in [0.1, 0.15) is 30.4 Å². The third-order valence-electron chi connectivity index (χ3n) is 5.05. The van der Waals surface area contributed by atoms with Gasteiger partial charge in [-0.1, -0.05) is 11.8 Å². The predicted octanol–water partition coefficient (Wildman–Crippen LogP) is 6.16. The van der Waals surface area contributed by atoms with E-state index in [0.29, 0.717) is 22.3 Å². The van der Waals surface area contributed by atoms with Crippen molar-refractivity contribution in [2.24, 2.45) is 0 Å². The summed E-state index contributed by atoms with van der Waals surface area (Å²) < 4.78 is 79.0. The summed E-state index contributed by atoms with van der Waals surface area (Å²) in [6.45, 7) is 1.74. The molecule has 0 aliphatic carbocycles. The third-order valence-corrected chi connectivity index (χ3v) is 6.38. The maximum Gasteiger partial charge on any atom is 0.416 e. The van der Waals surface area contributed by atoms with E-state index in [-0.39, 0.29) is 22.6 Å². The lowest BCUT2D eigenvalue weighted by Crippen LogP contribution is -2.30. The van der Waals surface area contributed by atoms with Crippen molar-refractivity contribution < 1.29 is 26.3 Å². The van der Waals surface area contributed by atoms with Crippen LogP contribution in [0.25, 0.3) is 11.4 Å². The van der Waals surface area contributed by atoms with Crippen molar-refractivity contribution in [1.29, 1.82) is 0 Å². The topological polar surface area (TPSA) is 70.6 Å². The average Bonchev–Trinajstić information content (AvgIpc) is 3.26. The fraction of sp³-hybridized carbons (Fsp3) is 0.400. The van der Waals surface area contributed by atoms with E-state index in [1.807, 2.05) is 6.26 Å². The first-order chi connectivity index (χ1) is 16.0. The van der Waals surface area contributed by atoms with Crippen LogP contribution < -0.4 is 4.90 Å². The van der Waals surface area contributed by atoms with Crippen LogP contribution in [-0.4, -0.2) is 44.5 Å². The number of aromatic amines is 1. The summed E-state index contributed by atoms with van der Waals surface area (Å²) in [7, 11) is 0. The maximum atomic E-state index is 13.2. The van der Waals surface area contributed by atoms with Gasteiger partial charge in [0.25, 0.3) is 0 Å². The Morgan fingerprint density at radius 3 is 2.06 bits per heavy atom. The zero-order chi connectivity index (χ0) is 24.5. The number of alkyl halides is 6. The van der Waals surface area contributed by atoms with Crippen LogP contribution in [0, 0.1) is 0 Å². The Kier molecular flexibility index (Phi) is 6.99. The lowest BCUT2D eigenvalue weighted by atomic mass is 10.0. The quantitative estimate of drug-likeness (QED) is 0.187. The molecule has 34 heavy (non-hydrogen) atoms. The molecule has 6 nitrogen and oxygen atoms in total. The van der Waals surface area contributed by atoms with Crippen LogP contribution in [0.4, 0.5) is 32.2 Å². The molecule has 1 aliphatic rings. The minimum atomic E-state index is -4.95. The molecule has 0 saturated carbocycles. The first-order valence-electron chi connectivity index (χ1n) is 10.1. The van der Waals surface area contributed by atoms with Crippen molar-refractivity contribution in [3.8, 4) is 11.4 Å². The number of rotatable bonds is 5. The van der Waals surface area contributed by atoms with E-state index in [2.05, 4.69) is 30.0 Å². The van der Waals surface area contributed by atoms with Gasteiger partial charge in [-0.3, -0.25) is 5.10 Å². The van der Waals surface area contributed by atoms with Crippen LogP contribution in [-0.2, 0) is 12.4 Å². The number of anilines is 1. The van der Waals surface area contributed by atoms with Crippen molar-refractivity contribution in [1.82, 2.24) is 25.1 Å². The molecule has 0 unspecified atom stereocenters. The predicted molar refractivity (Wildman–Crippen MR) is 116 cm³/mol. The molecule has 1 N–H and O–H groups in total. The number of halogens is 6. The lowest BCUT2D eigenvalue weighted by molar-refractivity contribution is -0.143. The zero-order valence-corrected chi connectivity index (χ0v) is 19.3. The van der Waals surface area contributed by atoms with Gasteiger partial charge in [0, 0.05) is 24.7 Å². The molecule has 3 heterocycles.